The number of hydrogen-bond acceptors (Lipinski definition) is 3. The normalized spacial score (nSPS) is 10.2. The fourth-order valence-electron chi connectivity index (χ4n) is 1.68. The van der Waals surface area contributed by atoms with E-state index in [2.05, 4.69) is 10.3 Å². The molecular weight excluding hydrogens is 248 g/mol. The van der Waals surface area contributed by atoms with Crippen molar-refractivity contribution in [3.05, 3.63) is 65.0 Å². The highest BCUT2D eigenvalue weighted by molar-refractivity contribution is 5.30. The van der Waals surface area contributed by atoms with Crippen LogP contribution in [0.1, 0.15) is 16.8 Å². The van der Waals surface area contributed by atoms with Crippen LogP contribution in [0.2, 0.25) is 0 Å². The van der Waals surface area contributed by atoms with Gasteiger partial charge in [-0.15, -0.1) is 0 Å². The minimum absolute atomic E-state index is 0.256. The summed E-state index contributed by atoms with van der Waals surface area (Å²) in [6.07, 6.45) is 1.54. The first-order valence-electron chi connectivity index (χ1n) is 5.69. The van der Waals surface area contributed by atoms with Crippen molar-refractivity contribution in [2.24, 2.45) is 0 Å². The van der Waals surface area contributed by atoms with Crippen LogP contribution in [0.25, 0.3) is 0 Å². The van der Waals surface area contributed by atoms with E-state index in [1.54, 1.807) is 18.3 Å². The lowest BCUT2D eigenvalue weighted by atomic mass is 10.2. The van der Waals surface area contributed by atoms with Gasteiger partial charge < -0.3 is 5.32 Å². The summed E-state index contributed by atoms with van der Waals surface area (Å²) in [6, 6.07) is 8.96. The van der Waals surface area contributed by atoms with Gasteiger partial charge in [-0.3, -0.25) is 0 Å². The number of nitriles is 1. The zero-order valence-corrected chi connectivity index (χ0v) is 10.0. The lowest BCUT2D eigenvalue weighted by Crippen LogP contribution is -2.15. The van der Waals surface area contributed by atoms with Crippen molar-refractivity contribution in [3.63, 3.8) is 0 Å². The molecule has 0 unspecified atom stereocenters. The molecule has 0 saturated carbocycles. The molecule has 3 nitrogen and oxygen atoms in total. The Balaban J connectivity index is 1.99. The van der Waals surface area contributed by atoms with Crippen LogP contribution >= 0.6 is 0 Å². The van der Waals surface area contributed by atoms with Crippen LogP contribution in [0.5, 0.6) is 0 Å². The zero-order chi connectivity index (χ0) is 13.7. The Bertz CT molecular complexity index is 620. The molecule has 0 bridgehead atoms. The molecule has 0 radical (unpaired) electrons. The molecule has 5 heteroatoms. The van der Waals surface area contributed by atoms with Gasteiger partial charge in [-0.25, -0.2) is 13.8 Å². The van der Waals surface area contributed by atoms with Crippen LogP contribution in [0, 0.1) is 23.0 Å². The summed E-state index contributed by atoms with van der Waals surface area (Å²) in [6.45, 7) is 0.652. The Morgan fingerprint density at radius 3 is 2.68 bits per heavy atom. The average Bonchev–Trinajstić information content (AvgIpc) is 2.42. The van der Waals surface area contributed by atoms with E-state index >= 15 is 0 Å². The van der Waals surface area contributed by atoms with Gasteiger partial charge in [0.2, 0.25) is 0 Å². The SMILES string of the molecule is N#Cc1ncccc1CNCc1ccc(F)cc1F. The molecule has 2 aromatic rings. The first-order valence-corrected chi connectivity index (χ1v) is 5.69. The van der Waals surface area contributed by atoms with E-state index in [-0.39, 0.29) is 6.54 Å². The molecule has 0 saturated heterocycles. The van der Waals surface area contributed by atoms with Gasteiger partial charge in [0.25, 0.3) is 0 Å². The Labute approximate surface area is 109 Å². The Hall–Kier alpha value is -2.32. The standard InChI is InChI=1S/C14H11F2N3/c15-12-4-3-10(13(16)6-12)8-18-9-11-2-1-5-19-14(11)7-17/h1-6,18H,8-9H2. The second-order valence-electron chi connectivity index (χ2n) is 3.96. The van der Waals surface area contributed by atoms with Gasteiger partial charge in [-0.2, -0.15) is 5.26 Å². The molecule has 0 spiro atoms. The van der Waals surface area contributed by atoms with Gasteiger partial charge >= 0.3 is 0 Å². The fraction of sp³-hybridized carbons (Fsp3) is 0.143. The van der Waals surface area contributed by atoms with Crippen LogP contribution in [0.3, 0.4) is 0 Å². The molecule has 0 atom stereocenters. The molecule has 2 rings (SSSR count). The minimum atomic E-state index is -0.597. The van der Waals surface area contributed by atoms with E-state index in [9.17, 15) is 8.78 Å². The summed E-state index contributed by atoms with van der Waals surface area (Å²) in [5.41, 5.74) is 1.46. The van der Waals surface area contributed by atoms with E-state index in [0.29, 0.717) is 17.8 Å². The van der Waals surface area contributed by atoms with Crippen molar-refractivity contribution >= 4 is 0 Å². The second-order valence-corrected chi connectivity index (χ2v) is 3.96. The monoisotopic (exact) mass is 259 g/mol. The fourth-order valence-corrected chi connectivity index (χ4v) is 1.68. The second kappa shape index (κ2) is 6.03. The van der Waals surface area contributed by atoms with Gasteiger partial charge in [0.05, 0.1) is 0 Å². The highest BCUT2D eigenvalue weighted by Gasteiger charge is 2.05. The van der Waals surface area contributed by atoms with E-state index < -0.39 is 11.6 Å². The summed E-state index contributed by atoms with van der Waals surface area (Å²) in [5, 5.41) is 11.9. The molecule has 1 heterocycles. The largest absolute Gasteiger partial charge is 0.308 e. The van der Waals surface area contributed by atoms with Crippen LogP contribution in [0.15, 0.2) is 36.5 Å². The van der Waals surface area contributed by atoms with Gasteiger partial charge in [-0.05, 0) is 12.1 Å². The van der Waals surface area contributed by atoms with E-state index in [1.165, 1.54) is 12.1 Å². The minimum Gasteiger partial charge on any atom is -0.308 e. The number of nitrogens with zero attached hydrogens (tertiary/aromatic N) is 2. The molecular formula is C14H11F2N3. The summed E-state index contributed by atoms with van der Waals surface area (Å²) in [7, 11) is 0. The maximum absolute atomic E-state index is 13.4. The van der Waals surface area contributed by atoms with Crippen LogP contribution in [-0.2, 0) is 13.1 Å². The Kier molecular flexibility index (Phi) is 4.16. The van der Waals surface area contributed by atoms with E-state index in [4.69, 9.17) is 5.26 Å². The van der Waals surface area contributed by atoms with Crippen molar-refractivity contribution in [2.45, 2.75) is 13.1 Å². The van der Waals surface area contributed by atoms with Crippen molar-refractivity contribution in [1.82, 2.24) is 10.3 Å². The van der Waals surface area contributed by atoms with Crippen LogP contribution < -0.4 is 5.32 Å². The number of pyridine rings is 1. The first-order chi connectivity index (χ1) is 9.20. The first kappa shape index (κ1) is 13.1. The van der Waals surface area contributed by atoms with Crippen molar-refractivity contribution in [1.29, 1.82) is 5.26 Å². The molecule has 1 aromatic heterocycles. The quantitative estimate of drug-likeness (QED) is 0.917. The number of rotatable bonds is 4. The predicted octanol–water partition coefficient (Wildman–Crippen LogP) is 2.52. The molecule has 0 aliphatic rings. The van der Waals surface area contributed by atoms with Crippen LogP contribution in [-0.4, -0.2) is 4.98 Å². The van der Waals surface area contributed by atoms with Gasteiger partial charge in [0.1, 0.15) is 23.4 Å². The molecule has 1 N–H and O–H groups in total. The third-order valence-corrected chi connectivity index (χ3v) is 2.64. The number of benzene rings is 1. The number of aromatic nitrogens is 1. The number of hydrogen-bond donors (Lipinski definition) is 1. The summed E-state index contributed by atoms with van der Waals surface area (Å²) in [4.78, 5) is 3.93. The topological polar surface area (TPSA) is 48.7 Å². The highest BCUT2D eigenvalue weighted by atomic mass is 19.1. The maximum Gasteiger partial charge on any atom is 0.144 e. The summed E-state index contributed by atoms with van der Waals surface area (Å²) < 4.78 is 26.1. The third-order valence-electron chi connectivity index (χ3n) is 2.64. The Morgan fingerprint density at radius 2 is 1.95 bits per heavy atom. The van der Waals surface area contributed by atoms with E-state index in [1.807, 2.05) is 6.07 Å². The van der Waals surface area contributed by atoms with E-state index in [0.717, 1.165) is 11.6 Å². The van der Waals surface area contributed by atoms with Gasteiger partial charge in [0.15, 0.2) is 0 Å². The average molecular weight is 259 g/mol. The molecule has 0 aliphatic carbocycles. The summed E-state index contributed by atoms with van der Waals surface area (Å²) in [5.74, 6) is -1.18. The van der Waals surface area contributed by atoms with Gasteiger partial charge in [0, 0.05) is 36.5 Å². The molecule has 0 aliphatic heterocycles. The van der Waals surface area contributed by atoms with Gasteiger partial charge in [-0.1, -0.05) is 12.1 Å². The molecule has 1 aromatic carbocycles. The highest BCUT2D eigenvalue weighted by Crippen LogP contribution is 2.10. The predicted molar refractivity (Wildman–Crippen MR) is 65.9 cm³/mol. The lowest BCUT2D eigenvalue weighted by molar-refractivity contribution is 0.560. The number of nitrogens with one attached hydrogen (secondary N) is 1. The smallest absolute Gasteiger partial charge is 0.144 e. The maximum atomic E-state index is 13.4. The van der Waals surface area contributed by atoms with Crippen LogP contribution in [0.4, 0.5) is 8.78 Å². The lowest BCUT2D eigenvalue weighted by Gasteiger charge is -2.07. The molecule has 0 fully saturated rings. The summed E-state index contributed by atoms with van der Waals surface area (Å²) >= 11 is 0. The number of halogens is 2. The molecule has 19 heavy (non-hydrogen) atoms. The van der Waals surface area contributed by atoms with Crippen molar-refractivity contribution in [3.8, 4) is 6.07 Å². The molecule has 0 amide bonds. The zero-order valence-electron chi connectivity index (χ0n) is 10.0. The molecule has 96 valence electrons. The Morgan fingerprint density at radius 1 is 1.16 bits per heavy atom. The van der Waals surface area contributed by atoms with Crippen molar-refractivity contribution in [2.75, 3.05) is 0 Å². The third kappa shape index (κ3) is 3.33. The van der Waals surface area contributed by atoms with Crippen molar-refractivity contribution < 1.29 is 8.78 Å².